The van der Waals surface area contributed by atoms with Crippen molar-refractivity contribution in [3.63, 3.8) is 0 Å². The quantitative estimate of drug-likeness (QED) is 0.682. The molecule has 0 saturated heterocycles. The fourth-order valence-corrected chi connectivity index (χ4v) is 2.88. The van der Waals surface area contributed by atoms with Crippen LogP contribution in [-0.2, 0) is 0 Å². The second-order valence-electron chi connectivity index (χ2n) is 5.76. The van der Waals surface area contributed by atoms with Crippen LogP contribution in [0.3, 0.4) is 0 Å². The van der Waals surface area contributed by atoms with Crippen molar-refractivity contribution in [2.24, 2.45) is 17.3 Å². The molecule has 1 rings (SSSR count). The van der Waals surface area contributed by atoms with Gasteiger partial charge in [-0.25, -0.2) is 0 Å². The van der Waals surface area contributed by atoms with Crippen molar-refractivity contribution in [3.05, 3.63) is 12.7 Å². The van der Waals surface area contributed by atoms with Gasteiger partial charge in [-0.2, -0.15) is 0 Å². The van der Waals surface area contributed by atoms with Crippen LogP contribution in [0.5, 0.6) is 0 Å². The van der Waals surface area contributed by atoms with Gasteiger partial charge < -0.3 is 5.32 Å². The Morgan fingerprint density at radius 2 is 2.13 bits per heavy atom. The van der Waals surface area contributed by atoms with Crippen molar-refractivity contribution in [1.82, 2.24) is 5.32 Å². The highest BCUT2D eigenvalue weighted by atomic mass is 14.8. The minimum Gasteiger partial charge on any atom is -0.317 e. The second kappa shape index (κ2) is 5.69. The molecule has 2 atom stereocenters. The Hall–Kier alpha value is -0.300. The monoisotopic (exact) mass is 209 g/mol. The van der Waals surface area contributed by atoms with Gasteiger partial charge in [0, 0.05) is 0 Å². The number of hydrogen-bond acceptors (Lipinski definition) is 1. The fourth-order valence-electron chi connectivity index (χ4n) is 2.88. The molecule has 0 amide bonds. The summed E-state index contributed by atoms with van der Waals surface area (Å²) in [5, 5.41) is 3.50. The smallest absolute Gasteiger partial charge is 0.00179 e. The van der Waals surface area contributed by atoms with E-state index in [1.807, 2.05) is 0 Å². The van der Waals surface area contributed by atoms with E-state index in [4.69, 9.17) is 0 Å². The molecule has 0 aromatic heterocycles. The SMILES string of the molecule is C=CCC1CC(C)(C)CCC1CNCC. The van der Waals surface area contributed by atoms with Gasteiger partial charge in [-0.15, -0.1) is 6.58 Å². The van der Waals surface area contributed by atoms with Crippen LogP contribution in [0.4, 0.5) is 0 Å². The van der Waals surface area contributed by atoms with E-state index in [1.54, 1.807) is 0 Å². The maximum atomic E-state index is 3.90. The number of rotatable bonds is 5. The lowest BCUT2D eigenvalue weighted by Crippen LogP contribution is -2.35. The molecular formula is C14H27N. The summed E-state index contributed by atoms with van der Waals surface area (Å²) < 4.78 is 0. The summed E-state index contributed by atoms with van der Waals surface area (Å²) in [5.41, 5.74) is 0.552. The number of hydrogen-bond donors (Lipinski definition) is 1. The van der Waals surface area contributed by atoms with Gasteiger partial charge in [0.1, 0.15) is 0 Å². The number of allylic oxidation sites excluding steroid dienone is 1. The lowest BCUT2D eigenvalue weighted by Gasteiger charge is -2.40. The van der Waals surface area contributed by atoms with Gasteiger partial charge in [0.15, 0.2) is 0 Å². The second-order valence-corrected chi connectivity index (χ2v) is 5.76. The normalized spacial score (nSPS) is 30.1. The Morgan fingerprint density at radius 3 is 2.73 bits per heavy atom. The third-order valence-electron chi connectivity index (χ3n) is 3.80. The molecule has 88 valence electrons. The summed E-state index contributed by atoms with van der Waals surface area (Å²) in [5.74, 6) is 1.72. The van der Waals surface area contributed by atoms with E-state index in [2.05, 4.69) is 38.7 Å². The third-order valence-corrected chi connectivity index (χ3v) is 3.80. The molecule has 1 fully saturated rings. The largest absolute Gasteiger partial charge is 0.317 e. The van der Waals surface area contributed by atoms with Crippen molar-refractivity contribution >= 4 is 0 Å². The van der Waals surface area contributed by atoms with E-state index in [1.165, 1.54) is 32.2 Å². The molecule has 2 unspecified atom stereocenters. The first-order valence-corrected chi connectivity index (χ1v) is 6.40. The van der Waals surface area contributed by atoms with Crippen molar-refractivity contribution < 1.29 is 0 Å². The van der Waals surface area contributed by atoms with Crippen molar-refractivity contribution in [1.29, 1.82) is 0 Å². The molecule has 1 aliphatic carbocycles. The summed E-state index contributed by atoms with van der Waals surface area (Å²) in [4.78, 5) is 0. The standard InChI is InChI=1S/C14H27N/c1-5-7-12-10-14(3,4)9-8-13(12)11-15-6-2/h5,12-13,15H,1,6-11H2,2-4H3. The zero-order valence-electron chi connectivity index (χ0n) is 10.7. The highest BCUT2D eigenvalue weighted by molar-refractivity contribution is 4.89. The summed E-state index contributed by atoms with van der Waals surface area (Å²) in [6, 6.07) is 0. The Kier molecular flexibility index (Phi) is 4.85. The Bertz CT molecular complexity index is 196. The van der Waals surface area contributed by atoms with Gasteiger partial charge in [-0.1, -0.05) is 26.8 Å². The van der Waals surface area contributed by atoms with E-state index in [0.29, 0.717) is 5.41 Å². The summed E-state index contributed by atoms with van der Waals surface area (Å²) in [7, 11) is 0. The summed E-state index contributed by atoms with van der Waals surface area (Å²) >= 11 is 0. The van der Waals surface area contributed by atoms with Crippen LogP contribution in [-0.4, -0.2) is 13.1 Å². The summed E-state index contributed by atoms with van der Waals surface area (Å²) in [6.07, 6.45) is 7.44. The first kappa shape index (κ1) is 12.8. The zero-order valence-corrected chi connectivity index (χ0v) is 10.7. The van der Waals surface area contributed by atoms with Crippen LogP contribution in [0.1, 0.15) is 46.5 Å². The third kappa shape index (κ3) is 3.98. The molecule has 15 heavy (non-hydrogen) atoms. The van der Waals surface area contributed by atoms with Gasteiger partial charge in [-0.3, -0.25) is 0 Å². The molecule has 1 heteroatoms. The zero-order chi connectivity index (χ0) is 11.3. The molecule has 1 saturated carbocycles. The first-order valence-electron chi connectivity index (χ1n) is 6.40. The van der Waals surface area contributed by atoms with E-state index >= 15 is 0 Å². The molecule has 0 radical (unpaired) electrons. The molecule has 1 N–H and O–H groups in total. The molecule has 0 spiro atoms. The topological polar surface area (TPSA) is 12.0 Å². The minimum atomic E-state index is 0.552. The molecule has 0 bridgehead atoms. The average Bonchev–Trinajstić information content (AvgIpc) is 2.16. The highest BCUT2D eigenvalue weighted by Gasteiger charge is 2.33. The maximum absolute atomic E-state index is 3.90. The van der Waals surface area contributed by atoms with Crippen molar-refractivity contribution in [2.45, 2.75) is 46.5 Å². The van der Waals surface area contributed by atoms with Gasteiger partial charge in [0.25, 0.3) is 0 Å². The predicted molar refractivity (Wildman–Crippen MR) is 68.0 cm³/mol. The van der Waals surface area contributed by atoms with E-state index in [-0.39, 0.29) is 0 Å². The Morgan fingerprint density at radius 1 is 1.40 bits per heavy atom. The molecule has 1 nitrogen and oxygen atoms in total. The van der Waals surface area contributed by atoms with Crippen LogP contribution >= 0.6 is 0 Å². The Labute approximate surface area is 95.3 Å². The van der Waals surface area contributed by atoms with E-state index in [0.717, 1.165) is 18.4 Å². The Balaban J connectivity index is 2.50. The minimum absolute atomic E-state index is 0.552. The molecule has 1 aliphatic rings. The van der Waals surface area contributed by atoms with Gasteiger partial charge in [-0.05, 0) is 56.0 Å². The highest BCUT2D eigenvalue weighted by Crippen LogP contribution is 2.43. The van der Waals surface area contributed by atoms with Crippen LogP contribution in [0, 0.1) is 17.3 Å². The van der Waals surface area contributed by atoms with Crippen LogP contribution < -0.4 is 5.32 Å². The van der Waals surface area contributed by atoms with Crippen LogP contribution in [0.2, 0.25) is 0 Å². The molecule has 0 aliphatic heterocycles. The predicted octanol–water partition coefficient (Wildman–Crippen LogP) is 3.61. The molecule has 0 aromatic carbocycles. The van der Waals surface area contributed by atoms with Crippen LogP contribution in [0.25, 0.3) is 0 Å². The lowest BCUT2D eigenvalue weighted by atomic mass is 9.66. The fraction of sp³-hybridized carbons (Fsp3) is 0.857. The van der Waals surface area contributed by atoms with E-state index in [9.17, 15) is 0 Å². The van der Waals surface area contributed by atoms with Gasteiger partial charge in [0.2, 0.25) is 0 Å². The van der Waals surface area contributed by atoms with Gasteiger partial charge >= 0.3 is 0 Å². The van der Waals surface area contributed by atoms with Gasteiger partial charge in [0.05, 0.1) is 0 Å². The van der Waals surface area contributed by atoms with E-state index < -0.39 is 0 Å². The number of nitrogens with one attached hydrogen (secondary N) is 1. The van der Waals surface area contributed by atoms with Crippen molar-refractivity contribution in [3.8, 4) is 0 Å². The maximum Gasteiger partial charge on any atom is -0.00179 e. The first-order chi connectivity index (χ1) is 7.09. The molecular weight excluding hydrogens is 182 g/mol. The van der Waals surface area contributed by atoms with Crippen molar-refractivity contribution in [2.75, 3.05) is 13.1 Å². The van der Waals surface area contributed by atoms with Crippen LogP contribution in [0.15, 0.2) is 12.7 Å². The lowest BCUT2D eigenvalue weighted by molar-refractivity contribution is 0.118. The molecule has 0 aromatic rings. The average molecular weight is 209 g/mol. The molecule has 0 heterocycles. The summed E-state index contributed by atoms with van der Waals surface area (Å²) in [6.45, 7) is 13.2.